The van der Waals surface area contributed by atoms with Crippen molar-refractivity contribution in [3.8, 4) is 0 Å². The normalized spacial score (nSPS) is 13.4. The van der Waals surface area contributed by atoms with E-state index in [1.165, 1.54) is 24.3 Å². The Bertz CT molecular complexity index is 2710. The van der Waals surface area contributed by atoms with Crippen LogP contribution in [0.1, 0.15) is 52.6 Å². The van der Waals surface area contributed by atoms with Crippen LogP contribution >= 0.6 is 0 Å². The Morgan fingerprint density at radius 3 is 1.12 bits per heavy atom. The average molecular weight is 907 g/mol. The second-order valence-corrected chi connectivity index (χ2v) is 22.4. The van der Waals surface area contributed by atoms with Gasteiger partial charge in [-0.25, -0.2) is 0 Å². The van der Waals surface area contributed by atoms with E-state index in [-0.39, 0.29) is 22.3 Å². The van der Waals surface area contributed by atoms with Crippen LogP contribution in [-0.2, 0) is 16.6 Å². The van der Waals surface area contributed by atoms with E-state index in [0.717, 1.165) is 45.2 Å². The number of Topliss-reactive ketones (excluding diaryl/α,β-unsaturated/α-hetero) is 2. The van der Waals surface area contributed by atoms with E-state index >= 15 is 17.6 Å². The molecular formula is C54H42F4N2O4Ti. The van der Waals surface area contributed by atoms with E-state index in [9.17, 15) is 19.2 Å². The molecule has 0 fully saturated rings. The van der Waals surface area contributed by atoms with Gasteiger partial charge in [0.15, 0.2) is 0 Å². The zero-order chi connectivity index (χ0) is 45.8. The summed E-state index contributed by atoms with van der Waals surface area (Å²) in [5.74, 6) is -7.35. The van der Waals surface area contributed by atoms with E-state index in [1.807, 2.05) is 13.8 Å². The van der Waals surface area contributed by atoms with Crippen LogP contribution in [0, 0.1) is 37.1 Å². The van der Waals surface area contributed by atoms with Crippen molar-refractivity contribution in [3.63, 3.8) is 0 Å². The van der Waals surface area contributed by atoms with Crippen molar-refractivity contribution in [2.75, 3.05) is 22.9 Å². The van der Waals surface area contributed by atoms with E-state index in [4.69, 9.17) is 0 Å². The van der Waals surface area contributed by atoms with Gasteiger partial charge in [0.25, 0.3) is 0 Å². The van der Waals surface area contributed by atoms with Gasteiger partial charge >= 0.3 is 380 Å². The number of ketones is 2. The molecule has 2 amide bonds. The predicted octanol–water partition coefficient (Wildman–Crippen LogP) is 10.9. The number of hydrogen-bond acceptors (Lipinski definition) is 4. The van der Waals surface area contributed by atoms with E-state index in [2.05, 4.69) is 0 Å². The second-order valence-electron chi connectivity index (χ2n) is 16.1. The molecule has 0 atom stereocenters. The molecule has 0 saturated carbocycles. The molecule has 0 radical (unpaired) electrons. The molecule has 0 N–H and O–H groups in total. The molecule has 2 aliphatic rings. The second kappa shape index (κ2) is 19.0. The van der Waals surface area contributed by atoms with Gasteiger partial charge < -0.3 is 0 Å². The maximum absolute atomic E-state index is 18.4. The van der Waals surface area contributed by atoms with Crippen molar-refractivity contribution < 1.29 is 53.3 Å². The maximum atomic E-state index is 18.4. The van der Waals surface area contributed by atoms with Gasteiger partial charge in [0.05, 0.1) is 0 Å². The summed E-state index contributed by atoms with van der Waals surface area (Å²) in [4.78, 5) is 58.7. The van der Waals surface area contributed by atoms with Gasteiger partial charge in [-0.1, -0.05) is 0 Å². The van der Waals surface area contributed by atoms with Crippen LogP contribution in [0.15, 0.2) is 182 Å². The van der Waals surface area contributed by atoms with Crippen LogP contribution < -0.4 is 17.5 Å². The monoisotopic (exact) mass is 906 g/mol. The number of hydrogen-bond donors (Lipinski definition) is 0. The SMILES string of the molecule is Cc1ccc(C(=O)CN(C(=O)c2ccccc2)c2ccc(F)[c]([Ti]([c]3c(F)ccc(N(CC(=O)c4ccc(C)cc4)C(=O)c4ccccc4)c3F)([CH]3C=CC=C3)[CH]3C=CC=C3)c2F)cc1. The van der Waals surface area contributed by atoms with Gasteiger partial charge in [-0.15, -0.1) is 0 Å². The third-order valence-corrected chi connectivity index (χ3v) is 20.5. The third-order valence-electron chi connectivity index (χ3n) is 12.0. The van der Waals surface area contributed by atoms with Gasteiger partial charge in [-0.05, 0) is 0 Å². The molecule has 0 aliphatic heterocycles. The Balaban J connectivity index is 1.37. The van der Waals surface area contributed by atoms with Gasteiger partial charge in [0, 0.05) is 0 Å². The minimum atomic E-state index is -5.60. The summed E-state index contributed by atoms with van der Waals surface area (Å²) in [6.45, 7) is 2.38. The first-order chi connectivity index (χ1) is 31.4. The minimum absolute atomic E-state index is 0.110. The fourth-order valence-corrected chi connectivity index (χ4v) is 17.5. The molecule has 0 bridgehead atoms. The van der Waals surface area contributed by atoms with Crippen LogP contribution in [-0.4, -0.2) is 36.5 Å². The number of carbonyl (C=O) groups is 4. The van der Waals surface area contributed by atoms with Crippen molar-refractivity contribution in [2.45, 2.75) is 22.3 Å². The summed E-state index contributed by atoms with van der Waals surface area (Å²) in [6.07, 6.45) is 13.2. The van der Waals surface area contributed by atoms with Crippen LogP contribution in [0.5, 0.6) is 0 Å². The summed E-state index contributed by atoms with van der Waals surface area (Å²) in [6, 6.07) is 33.1. The van der Waals surface area contributed by atoms with Crippen LogP contribution in [0.4, 0.5) is 28.9 Å². The fraction of sp³-hybridized carbons (Fsp3) is 0.111. The average Bonchev–Trinajstić information content (AvgIpc) is 4.07. The van der Waals surface area contributed by atoms with Crippen molar-refractivity contribution >= 4 is 42.5 Å². The number of halogens is 4. The van der Waals surface area contributed by atoms with E-state index in [1.54, 1.807) is 134 Å². The molecule has 0 spiro atoms. The molecule has 0 unspecified atom stereocenters. The molecule has 0 aromatic heterocycles. The van der Waals surface area contributed by atoms with Gasteiger partial charge in [0.2, 0.25) is 0 Å². The van der Waals surface area contributed by atoms with Crippen LogP contribution in [0.25, 0.3) is 0 Å². The molecule has 2 aliphatic carbocycles. The Labute approximate surface area is 377 Å². The topological polar surface area (TPSA) is 74.8 Å². The zero-order valence-corrected chi connectivity index (χ0v) is 37.0. The van der Waals surface area contributed by atoms with Gasteiger partial charge in [-0.3, -0.25) is 0 Å². The third kappa shape index (κ3) is 8.67. The summed E-state index contributed by atoms with van der Waals surface area (Å²) in [7, 11) is 0. The Hall–Kier alpha value is -7.01. The summed E-state index contributed by atoms with van der Waals surface area (Å²) < 4.78 is 68.2. The molecule has 0 heterocycles. The number of rotatable bonds is 14. The number of carbonyl (C=O) groups excluding carboxylic acids is 4. The van der Waals surface area contributed by atoms with Crippen molar-refractivity contribution in [3.05, 3.63) is 239 Å². The first kappa shape index (κ1) is 44.6. The molecule has 324 valence electrons. The van der Waals surface area contributed by atoms with Crippen molar-refractivity contribution in [1.29, 1.82) is 0 Å². The number of amides is 2. The number of benzene rings is 6. The van der Waals surface area contributed by atoms with Crippen LogP contribution in [0.2, 0.25) is 8.45 Å². The molecule has 0 saturated heterocycles. The standard InChI is InChI=1S/2C22H16F2NO2.2C5H5.Ti/c2*1-15-7-9-16(10-8-15)21(26)14-25(20-12-11-18(23)13-19(20)24)22(27)17-5-3-2-4-6-17;2*1-2-4-5-3-1;/h2*2-12H,14H2,1H3;2*1-5H;. The predicted molar refractivity (Wildman–Crippen MR) is 243 cm³/mol. The van der Waals surface area contributed by atoms with E-state index < -0.39 is 104 Å². The Kier molecular flexibility index (Phi) is 13.0. The van der Waals surface area contributed by atoms with Gasteiger partial charge in [0.1, 0.15) is 0 Å². The summed E-state index contributed by atoms with van der Waals surface area (Å²) in [5, 5.41) is 0. The molecule has 6 nitrogen and oxygen atoms in total. The first-order valence-corrected chi connectivity index (χ1v) is 24.4. The van der Waals surface area contributed by atoms with E-state index in [0.29, 0.717) is 0 Å². The Morgan fingerprint density at radius 2 is 0.785 bits per heavy atom. The Morgan fingerprint density at radius 1 is 0.446 bits per heavy atom. The summed E-state index contributed by atoms with van der Waals surface area (Å²) >= 11 is -5.60. The molecule has 6 aromatic carbocycles. The molecule has 11 heteroatoms. The first-order valence-electron chi connectivity index (χ1n) is 21.0. The van der Waals surface area contributed by atoms with Crippen molar-refractivity contribution in [2.24, 2.45) is 0 Å². The molecular weight excluding hydrogens is 864 g/mol. The summed E-state index contributed by atoms with van der Waals surface area (Å²) in [5.41, 5.74) is 1.54. The molecule has 65 heavy (non-hydrogen) atoms. The molecule has 6 aromatic rings. The number of nitrogens with zero attached hydrogens (tertiary/aromatic N) is 2. The number of allylic oxidation sites excluding steroid dienone is 8. The van der Waals surface area contributed by atoms with Crippen molar-refractivity contribution in [1.82, 2.24) is 0 Å². The van der Waals surface area contributed by atoms with Gasteiger partial charge in [-0.2, -0.15) is 0 Å². The molecule has 8 rings (SSSR count). The fourth-order valence-electron chi connectivity index (χ4n) is 8.70. The number of anilines is 2. The van der Waals surface area contributed by atoms with Crippen LogP contribution in [0.3, 0.4) is 0 Å². The number of aryl methyl sites for hydroxylation is 2. The zero-order valence-electron chi connectivity index (χ0n) is 35.4. The quantitative estimate of drug-likeness (QED) is 0.0620.